The van der Waals surface area contributed by atoms with Crippen molar-refractivity contribution >= 4 is 15.9 Å². The van der Waals surface area contributed by atoms with Crippen LogP contribution in [0.1, 0.15) is 12.0 Å². The second-order valence-corrected chi connectivity index (χ2v) is 4.58. The van der Waals surface area contributed by atoms with Crippen LogP contribution >= 0.6 is 15.9 Å². The number of benzene rings is 1. The van der Waals surface area contributed by atoms with Crippen LogP contribution in [-0.2, 0) is 0 Å². The summed E-state index contributed by atoms with van der Waals surface area (Å²) in [4.78, 5) is 0. The van der Waals surface area contributed by atoms with E-state index in [9.17, 15) is 0 Å². The Bertz CT molecular complexity index is 323. The Balaban J connectivity index is 1.96. The van der Waals surface area contributed by atoms with Crippen molar-refractivity contribution in [3.05, 3.63) is 28.2 Å². The van der Waals surface area contributed by atoms with E-state index in [0.717, 1.165) is 23.4 Å². The molecule has 0 aliphatic carbocycles. The van der Waals surface area contributed by atoms with Crippen molar-refractivity contribution < 1.29 is 4.74 Å². The average Bonchev–Trinajstić information content (AvgIpc) is 2.08. The number of rotatable bonds is 3. The average molecular weight is 256 g/mol. The highest BCUT2D eigenvalue weighted by molar-refractivity contribution is 9.10. The van der Waals surface area contributed by atoms with Gasteiger partial charge in [-0.05, 0) is 37.6 Å². The highest BCUT2D eigenvalue weighted by atomic mass is 79.9. The minimum Gasteiger partial charge on any atom is -0.492 e. The molecule has 2 rings (SSSR count). The molecule has 1 unspecified atom stereocenters. The van der Waals surface area contributed by atoms with Crippen LogP contribution in [0.25, 0.3) is 0 Å². The summed E-state index contributed by atoms with van der Waals surface area (Å²) in [6.45, 7) is 3.97. The van der Waals surface area contributed by atoms with Crippen molar-refractivity contribution in [3.8, 4) is 5.75 Å². The second-order valence-electron chi connectivity index (χ2n) is 3.66. The first kappa shape index (κ1) is 9.99. The van der Waals surface area contributed by atoms with Crippen LogP contribution in [0.3, 0.4) is 0 Å². The topological polar surface area (TPSA) is 21.3 Å². The van der Waals surface area contributed by atoms with Crippen molar-refractivity contribution in [2.75, 3.05) is 13.2 Å². The fourth-order valence-electron chi connectivity index (χ4n) is 1.41. The first-order valence-corrected chi connectivity index (χ1v) is 5.67. The van der Waals surface area contributed by atoms with Gasteiger partial charge >= 0.3 is 0 Å². The summed E-state index contributed by atoms with van der Waals surface area (Å²) >= 11 is 3.44. The van der Waals surface area contributed by atoms with Gasteiger partial charge < -0.3 is 10.1 Å². The quantitative estimate of drug-likeness (QED) is 0.897. The summed E-state index contributed by atoms with van der Waals surface area (Å²) in [5.74, 6) is 0.980. The molecule has 76 valence electrons. The highest BCUT2D eigenvalue weighted by Gasteiger charge is 2.16. The summed E-state index contributed by atoms with van der Waals surface area (Å²) in [6, 6.07) is 6.67. The molecule has 1 saturated heterocycles. The van der Waals surface area contributed by atoms with E-state index < -0.39 is 0 Å². The van der Waals surface area contributed by atoms with Gasteiger partial charge in [0.15, 0.2) is 0 Å². The number of hydrogen-bond acceptors (Lipinski definition) is 2. The first-order chi connectivity index (χ1) is 6.75. The Hall–Kier alpha value is -0.540. The lowest BCUT2D eigenvalue weighted by molar-refractivity contribution is 0.216. The maximum absolute atomic E-state index is 5.73. The smallest absolute Gasteiger partial charge is 0.123 e. The summed E-state index contributed by atoms with van der Waals surface area (Å²) in [7, 11) is 0. The van der Waals surface area contributed by atoms with Crippen LogP contribution in [0.5, 0.6) is 5.75 Å². The Morgan fingerprint density at radius 1 is 1.57 bits per heavy atom. The number of ether oxygens (including phenoxy) is 1. The monoisotopic (exact) mass is 255 g/mol. The molecule has 1 atom stereocenters. The molecule has 1 aromatic carbocycles. The van der Waals surface area contributed by atoms with Crippen LogP contribution in [0.15, 0.2) is 22.7 Å². The van der Waals surface area contributed by atoms with Gasteiger partial charge in [-0.1, -0.05) is 22.0 Å². The molecule has 1 N–H and O–H groups in total. The molecule has 1 aliphatic rings. The van der Waals surface area contributed by atoms with Crippen LogP contribution < -0.4 is 10.1 Å². The van der Waals surface area contributed by atoms with Crippen molar-refractivity contribution in [1.82, 2.24) is 5.32 Å². The first-order valence-electron chi connectivity index (χ1n) is 4.88. The van der Waals surface area contributed by atoms with Gasteiger partial charge in [0, 0.05) is 10.5 Å². The highest BCUT2D eigenvalue weighted by Crippen LogP contribution is 2.23. The zero-order valence-electron chi connectivity index (χ0n) is 8.22. The zero-order chi connectivity index (χ0) is 9.97. The fraction of sp³-hybridized carbons (Fsp3) is 0.455. The molecule has 1 fully saturated rings. The Kier molecular flexibility index (Phi) is 3.08. The largest absolute Gasteiger partial charge is 0.492 e. The van der Waals surface area contributed by atoms with Gasteiger partial charge in [0.25, 0.3) is 0 Å². The third-order valence-electron chi connectivity index (χ3n) is 2.52. The molecule has 1 aliphatic heterocycles. The van der Waals surface area contributed by atoms with Crippen molar-refractivity contribution in [2.24, 2.45) is 0 Å². The maximum Gasteiger partial charge on any atom is 0.123 e. The van der Waals surface area contributed by atoms with E-state index >= 15 is 0 Å². The predicted octanol–water partition coefficient (Wildman–Crippen LogP) is 2.50. The molecule has 14 heavy (non-hydrogen) atoms. The molecular formula is C11H14BrNO. The molecule has 0 bridgehead atoms. The molecule has 0 saturated carbocycles. The number of halogens is 1. The SMILES string of the molecule is Cc1ccc(Br)cc1OCC1CCN1. The van der Waals surface area contributed by atoms with E-state index in [2.05, 4.69) is 34.2 Å². The van der Waals surface area contributed by atoms with Gasteiger partial charge in [-0.25, -0.2) is 0 Å². The fourth-order valence-corrected chi connectivity index (χ4v) is 1.75. The molecule has 3 heteroatoms. The van der Waals surface area contributed by atoms with E-state index in [4.69, 9.17) is 4.74 Å². The minimum atomic E-state index is 0.549. The summed E-state index contributed by atoms with van der Waals surface area (Å²) < 4.78 is 6.80. The lowest BCUT2D eigenvalue weighted by atomic mass is 10.1. The Labute approximate surface area is 92.8 Å². The standard InChI is InChI=1S/C11H14BrNO/c1-8-2-3-9(12)6-11(8)14-7-10-4-5-13-10/h2-3,6,10,13H,4-5,7H2,1H3. The molecule has 0 aromatic heterocycles. The van der Waals surface area contributed by atoms with Gasteiger partial charge in [-0.15, -0.1) is 0 Å². The van der Waals surface area contributed by atoms with Crippen molar-refractivity contribution in [1.29, 1.82) is 0 Å². The van der Waals surface area contributed by atoms with E-state index in [0.29, 0.717) is 6.04 Å². The predicted molar refractivity (Wildman–Crippen MR) is 60.8 cm³/mol. The van der Waals surface area contributed by atoms with E-state index in [1.165, 1.54) is 12.0 Å². The van der Waals surface area contributed by atoms with Gasteiger partial charge in [0.2, 0.25) is 0 Å². The maximum atomic E-state index is 5.73. The van der Waals surface area contributed by atoms with Crippen molar-refractivity contribution in [2.45, 2.75) is 19.4 Å². The molecular weight excluding hydrogens is 242 g/mol. The third kappa shape index (κ3) is 2.28. The number of nitrogens with one attached hydrogen (secondary N) is 1. The summed E-state index contributed by atoms with van der Waals surface area (Å²) in [6.07, 6.45) is 1.23. The van der Waals surface area contributed by atoms with Crippen LogP contribution in [0, 0.1) is 6.92 Å². The van der Waals surface area contributed by atoms with E-state index in [-0.39, 0.29) is 0 Å². The lowest BCUT2D eigenvalue weighted by Gasteiger charge is -2.27. The third-order valence-corrected chi connectivity index (χ3v) is 3.01. The van der Waals surface area contributed by atoms with Crippen LogP contribution in [-0.4, -0.2) is 19.2 Å². The van der Waals surface area contributed by atoms with Gasteiger partial charge in [-0.2, -0.15) is 0 Å². The van der Waals surface area contributed by atoms with Gasteiger partial charge in [0.1, 0.15) is 12.4 Å². The summed E-state index contributed by atoms with van der Waals surface area (Å²) in [5, 5.41) is 3.31. The minimum absolute atomic E-state index is 0.549. The normalized spacial score (nSPS) is 20.3. The Morgan fingerprint density at radius 2 is 2.36 bits per heavy atom. The summed E-state index contributed by atoms with van der Waals surface area (Å²) in [5.41, 5.74) is 1.19. The van der Waals surface area contributed by atoms with Gasteiger partial charge in [0.05, 0.1) is 0 Å². The Morgan fingerprint density at radius 3 is 3.00 bits per heavy atom. The molecule has 2 nitrogen and oxygen atoms in total. The van der Waals surface area contributed by atoms with Crippen molar-refractivity contribution in [3.63, 3.8) is 0 Å². The van der Waals surface area contributed by atoms with E-state index in [1.54, 1.807) is 0 Å². The number of aryl methyl sites for hydroxylation is 1. The van der Waals surface area contributed by atoms with Crippen LogP contribution in [0.2, 0.25) is 0 Å². The molecule has 1 heterocycles. The molecule has 0 radical (unpaired) electrons. The van der Waals surface area contributed by atoms with Gasteiger partial charge in [-0.3, -0.25) is 0 Å². The second kappa shape index (κ2) is 4.32. The molecule has 0 spiro atoms. The van der Waals surface area contributed by atoms with E-state index in [1.807, 2.05) is 12.1 Å². The van der Waals surface area contributed by atoms with Crippen LogP contribution in [0.4, 0.5) is 0 Å². The molecule has 1 aromatic rings. The number of hydrogen-bond donors (Lipinski definition) is 1. The zero-order valence-corrected chi connectivity index (χ0v) is 9.80. The lowest BCUT2D eigenvalue weighted by Crippen LogP contribution is -2.46. The molecule has 0 amide bonds.